The van der Waals surface area contributed by atoms with Crippen molar-refractivity contribution in [2.45, 2.75) is 51.6 Å². The van der Waals surface area contributed by atoms with E-state index in [0.717, 1.165) is 25.0 Å². The lowest BCUT2D eigenvalue weighted by atomic mass is 9.87. The van der Waals surface area contributed by atoms with E-state index in [1.54, 1.807) is 16.7 Å². The zero-order valence-electron chi connectivity index (χ0n) is 12.2. The average molecular weight is 300 g/mol. The van der Waals surface area contributed by atoms with Crippen molar-refractivity contribution in [1.82, 2.24) is 10.2 Å². The Kier molecular flexibility index (Phi) is 4.83. The van der Waals surface area contributed by atoms with Gasteiger partial charge in [-0.15, -0.1) is 0 Å². The first kappa shape index (κ1) is 15.5. The monoisotopic (exact) mass is 300 g/mol. The lowest BCUT2D eigenvalue weighted by Crippen LogP contribution is -2.54. The number of nitrogens with one attached hydrogen (secondary N) is 1. The summed E-state index contributed by atoms with van der Waals surface area (Å²) in [7, 11) is 0. The van der Waals surface area contributed by atoms with E-state index < -0.39 is 5.97 Å². The molecule has 1 heterocycles. The van der Waals surface area contributed by atoms with Gasteiger partial charge in [-0.1, -0.05) is 20.3 Å². The number of urea groups is 1. The van der Waals surface area contributed by atoms with Gasteiger partial charge >= 0.3 is 12.0 Å². The minimum Gasteiger partial charge on any atom is -0.481 e. The SMILES string of the molecule is CC1(C)CCCC1NC(=O)N1CCSCC1CC(=O)O. The molecule has 2 fully saturated rings. The third kappa shape index (κ3) is 3.59. The van der Waals surface area contributed by atoms with E-state index in [1.807, 2.05) is 0 Å². The number of nitrogens with zero attached hydrogens (tertiary/aromatic N) is 1. The van der Waals surface area contributed by atoms with Crippen LogP contribution < -0.4 is 5.32 Å². The molecule has 6 heteroatoms. The molecule has 2 N–H and O–H groups in total. The highest BCUT2D eigenvalue weighted by Crippen LogP contribution is 2.37. The minimum atomic E-state index is -0.837. The highest BCUT2D eigenvalue weighted by Gasteiger charge is 2.37. The quantitative estimate of drug-likeness (QED) is 0.838. The Morgan fingerprint density at radius 3 is 2.80 bits per heavy atom. The standard InChI is InChI=1S/C14H24N2O3S/c1-14(2)5-3-4-11(14)15-13(19)16-6-7-20-9-10(16)8-12(17)18/h10-11H,3-9H2,1-2H3,(H,15,19)(H,17,18). The van der Waals surface area contributed by atoms with Crippen LogP contribution >= 0.6 is 11.8 Å². The molecular weight excluding hydrogens is 276 g/mol. The van der Waals surface area contributed by atoms with Crippen molar-refractivity contribution in [2.24, 2.45) is 5.41 Å². The summed E-state index contributed by atoms with van der Waals surface area (Å²) in [5, 5.41) is 12.1. The molecule has 1 saturated carbocycles. The van der Waals surface area contributed by atoms with Gasteiger partial charge in [0.2, 0.25) is 0 Å². The second kappa shape index (κ2) is 6.24. The molecule has 2 aliphatic rings. The molecular formula is C14H24N2O3S. The highest BCUT2D eigenvalue weighted by molar-refractivity contribution is 7.99. The summed E-state index contributed by atoms with van der Waals surface area (Å²) in [5.41, 5.74) is 0.141. The Morgan fingerprint density at radius 1 is 1.45 bits per heavy atom. The highest BCUT2D eigenvalue weighted by atomic mass is 32.2. The molecule has 2 atom stereocenters. The fraction of sp³-hybridized carbons (Fsp3) is 0.857. The fourth-order valence-electron chi connectivity index (χ4n) is 3.12. The lowest BCUT2D eigenvalue weighted by molar-refractivity contribution is -0.138. The number of hydrogen-bond donors (Lipinski definition) is 2. The van der Waals surface area contributed by atoms with Crippen molar-refractivity contribution in [2.75, 3.05) is 18.1 Å². The summed E-state index contributed by atoms with van der Waals surface area (Å²) in [6, 6.07) is -0.0673. The van der Waals surface area contributed by atoms with Crippen molar-refractivity contribution in [3.8, 4) is 0 Å². The molecule has 0 radical (unpaired) electrons. The van der Waals surface area contributed by atoms with Crippen LogP contribution in [0, 0.1) is 5.41 Å². The number of carbonyl (C=O) groups excluding carboxylic acids is 1. The van der Waals surface area contributed by atoms with Crippen molar-refractivity contribution in [3.05, 3.63) is 0 Å². The number of carbonyl (C=O) groups is 2. The van der Waals surface area contributed by atoms with Crippen LogP contribution in [0.4, 0.5) is 4.79 Å². The Balaban J connectivity index is 1.97. The second-order valence-corrected chi connectivity index (χ2v) is 7.55. The first-order valence-electron chi connectivity index (χ1n) is 7.27. The molecule has 5 nitrogen and oxygen atoms in total. The predicted molar refractivity (Wildman–Crippen MR) is 80.0 cm³/mol. The first-order valence-corrected chi connectivity index (χ1v) is 8.42. The molecule has 20 heavy (non-hydrogen) atoms. The minimum absolute atomic E-state index is 0.0362. The average Bonchev–Trinajstić information content (AvgIpc) is 2.68. The van der Waals surface area contributed by atoms with Crippen molar-refractivity contribution >= 4 is 23.8 Å². The zero-order valence-corrected chi connectivity index (χ0v) is 13.0. The predicted octanol–water partition coefficient (Wildman–Crippen LogP) is 2.17. The van der Waals surface area contributed by atoms with Gasteiger partial charge in [0.15, 0.2) is 0 Å². The molecule has 0 aromatic heterocycles. The van der Waals surface area contributed by atoms with Crippen LogP contribution in [0.15, 0.2) is 0 Å². The van der Waals surface area contributed by atoms with E-state index in [4.69, 9.17) is 5.11 Å². The number of hydrogen-bond acceptors (Lipinski definition) is 3. The summed E-state index contributed by atoms with van der Waals surface area (Å²) in [4.78, 5) is 25.1. The summed E-state index contributed by atoms with van der Waals surface area (Å²) >= 11 is 1.72. The molecule has 2 amide bonds. The Labute approximate surface area is 124 Å². The van der Waals surface area contributed by atoms with Gasteiger partial charge in [0.1, 0.15) is 0 Å². The molecule has 0 bridgehead atoms. The van der Waals surface area contributed by atoms with Gasteiger partial charge in [-0.2, -0.15) is 11.8 Å². The maximum Gasteiger partial charge on any atom is 0.317 e. The summed E-state index contributed by atoms with van der Waals surface area (Å²) < 4.78 is 0. The molecule has 2 rings (SSSR count). The van der Waals surface area contributed by atoms with Gasteiger partial charge < -0.3 is 15.3 Å². The number of amides is 2. The number of rotatable bonds is 3. The molecule has 1 aliphatic heterocycles. The third-order valence-corrected chi connectivity index (χ3v) is 5.55. The first-order chi connectivity index (χ1) is 9.40. The van der Waals surface area contributed by atoms with E-state index in [-0.39, 0.29) is 30.0 Å². The van der Waals surface area contributed by atoms with E-state index in [1.165, 1.54) is 0 Å². The van der Waals surface area contributed by atoms with Crippen LogP contribution in [0.5, 0.6) is 0 Å². The van der Waals surface area contributed by atoms with Crippen molar-refractivity contribution in [1.29, 1.82) is 0 Å². The van der Waals surface area contributed by atoms with Crippen LogP contribution in [-0.2, 0) is 4.79 Å². The van der Waals surface area contributed by atoms with Crippen LogP contribution in [-0.4, -0.2) is 52.1 Å². The molecule has 0 aromatic carbocycles. The molecule has 0 spiro atoms. The summed E-state index contributed by atoms with van der Waals surface area (Å²) in [5.74, 6) is 0.766. The van der Waals surface area contributed by atoms with Gasteiger partial charge in [-0.3, -0.25) is 4.79 Å². The number of thioether (sulfide) groups is 1. The van der Waals surface area contributed by atoms with Gasteiger partial charge in [-0.25, -0.2) is 4.79 Å². The second-order valence-electron chi connectivity index (χ2n) is 6.40. The summed E-state index contributed by atoms with van der Waals surface area (Å²) in [6.07, 6.45) is 3.33. The number of aliphatic carboxylic acids is 1. The van der Waals surface area contributed by atoms with E-state index in [0.29, 0.717) is 12.3 Å². The smallest absolute Gasteiger partial charge is 0.317 e. The Morgan fingerprint density at radius 2 is 2.20 bits per heavy atom. The summed E-state index contributed by atoms with van der Waals surface area (Å²) in [6.45, 7) is 5.01. The van der Waals surface area contributed by atoms with E-state index >= 15 is 0 Å². The third-order valence-electron chi connectivity index (χ3n) is 4.45. The zero-order chi connectivity index (χ0) is 14.8. The normalized spacial score (nSPS) is 29.2. The van der Waals surface area contributed by atoms with Crippen LogP contribution in [0.25, 0.3) is 0 Å². The number of carboxylic acids is 1. The maximum absolute atomic E-state index is 12.4. The maximum atomic E-state index is 12.4. The Bertz CT molecular complexity index is 387. The fourth-order valence-corrected chi connectivity index (χ4v) is 4.18. The topological polar surface area (TPSA) is 69.6 Å². The van der Waals surface area contributed by atoms with E-state index in [2.05, 4.69) is 19.2 Å². The van der Waals surface area contributed by atoms with Gasteiger partial charge in [0.05, 0.1) is 12.5 Å². The molecule has 1 aliphatic carbocycles. The van der Waals surface area contributed by atoms with Crippen molar-refractivity contribution in [3.63, 3.8) is 0 Å². The van der Waals surface area contributed by atoms with Gasteiger partial charge in [-0.05, 0) is 18.3 Å². The van der Waals surface area contributed by atoms with E-state index in [9.17, 15) is 9.59 Å². The number of carboxylic acid groups (broad SMARTS) is 1. The Hall–Kier alpha value is -0.910. The van der Waals surface area contributed by atoms with Gasteiger partial charge in [0, 0.05) is 24.1 Å². The largest absolute Gasteiger partial charge is 0.481 e. The molecule has 0 aromatic rings. The lowest BCUT2D eigenvalue weighted by Gasteiger charge is -2.37. The van der Waals surface area contributed by atoms with Gasteiger partial charge in [0.25, 0.3) is 0 Å². The van der Waals surface area contributed by atoms with Crippen LogP contribution in [0.3, 0.4) is 0 Å². The van der Waals surface area contributed by atoms with Crippen LogP contribution in [0.2, 0.25) is 0 Å². The molecule has 1 saturated heterocycles. The molecule has 114 valence electrons. The molecule has 2 unspecified atom stereocenters. The van der Waals surface area contributed by atoms with Crippen molar-refractivity contribution < 1.29 is 14.7 Å². The van der Waals surface area contributed by atoms with Crippen LogP contribution in [0.1, 0.15) is 39.5 Å².